The summed E-state index contributed by atoms with van der Waals surface area (Å²) in [5, 5.41) is 0. The van der Waals surface area contributed by atoms with Crippen LogP contribution in [0.5, 0.6) is 0 Å². The first-order chi connectivity index (χ1) is 16.5. The van der Waals surface area contributed by atoms with E-state index in [1.807, 2.05) is 0 Å². The van der Waals surface area contributed by atoms with Gasteiger partial charge in [-0.3, -0.25) is 4.57 Å². The molecule has 0 unspecified atom stereocenters. The van der Waals surface area contributed by atoms with Gasteiger partial charge in [-0.1, -0.05) is 13.2 Å². The van der Waals surface area contributed by atoms with E-state index in [-0.39, 0.29) is 43.1 Å². The summed E-state index contributed by atoms with van der Waals surface area (Å²) in [4.78, 5) is 76.8. The fraction of sp³-hybridized carbons (Fsp3) is 0.286. The Hall–Kier alpha value is -3.80. The minimum Gasteiger partial charge on any atom is -0.461 e. The molecule has 0 amide bonds. The Bertz CT molecular complexity index is 966. The highest BCUT2D eigenvalue weighted by Gasteiger charge is 2.20. The molecule has 35 heavy (non-hydrogen) atoms. The van der Waals surface area contributed by atoms with Gasteiger partial charge in [0.05, 0.1) is 22.9 Å². The number of esters is 5. The van der Waals surface area contributed by atoms with Gasteiger partial charge in [0.1, 0.15) is 33.0 Å². The van der Waals surface area contributed by atoms with Gasteiger partial charge in [-0.05, 0) is 18.2 Å². The molecule has 0 aliphatic heterocycles. The van der Waals surface area contributed by atoms with E-state index in [1.54, 1.807) is 0 Å². The second-order valence-electron chi connectivity index (χ2n) is 6.34. The van der Waals surface area contributed by atoms with E-state index in [9.17, 15) is 28.5 Å². The van der Waals surface area contributed by atoms with Crippen LogP contribution < -0.4 is 0 Å². The number of carbonyl (C=O) groups is 5. The maximum Gasteiger partial charge on any atom is 0.338 e. The van der Waals surface area contributed by atoms with E-state index >= 15 is 0 Å². The Morgan fingerprint density at radius 1 is 0.657 bits per heavy atom. The molecule has 0 saturated carbocycles. The smallest absolute Gasteiger partial charge is 0.338 e. The Morgan fingerprint density at radius 3 is 1.29 bits per heavy atom. The highest BCUT2D eigenvalue weighted by Crippen LogP contribution is 2.33. The van der Waals surface area contributed by atoms with E-state index in [4.69, 9.17) is 24.0 Å². The molecule has 0 aliphatic carbocycles. The van der Waals surface area contributed by atoms with Gasteiger partial charge >= 0.3 is 37.4 Å². The molecule has 0 saturated heterocycles. The number of hydrogen-bond acceptors (Lipinski definition) is 11. The van der Waals surface area contributed by atoms with Gasteiger partial charge in [-0.15, -0.1) is 0 Å². The minimum atomic E-state index is -4.42. The van der Waals surface area contributed by atoms with E-state index < -0.39 is 50.2 Å². The monoisotopic (exact) mass is 514 g/mol. The van der Waals surface area contributed by atoms with Crippen LogP contribution in [0.3, 0.4) is 0 Å². The quantitative estimate of drug-likeness (QED) is 0.117. The van der Waals surface area contributed by atoms with Gasteiger partial charge in [0.2, 0.25) is 0 Å². The van der Waals surface area contributed by atoms with Crippen LogP contribution in [0.25, 0.3) is 0 Å². The molecular weight excluding hydrogens is 491 g/mol. The normalized spacial score (nSPS) is 10.5. The average Bonchev–Trinajstić information content (AvgIpc) is 2.82. The second-order valence-corrected chi connectivity index (χ2v) is 8.11. The van der Waals surface area contributed by atoms with Crippen LogP contribution >= 0.6 is 7.60 Å². The van der Waals surface area contributed by atoms with Gasteiger partial charge in [-0.2, -0.15) is 0 Å². The zero-order valence-corrected chi connectivity index (χ0v) is 19.3. The molecule has 190 valence electrons. The van der Waals surface area contributed by atoms with Crippen LogP contribution in [-0.2, 0) is 37.8 Å². The Kier molecular flexibility index (Phi) is 12.1. The molecular formula is C21H23O13P. The lowest BCUT2D eigenvalue weighted by Gasteiger charge is -2.11. The van der Waals surface area contributed by atoms with E-state index in [1.165, 1.54) is 0 Å². The minimum absolute atomic E-state index is 0.269. The van der Waals surface area contributed by atoms with Crippen LogP contribution in [0.2, 0.25) is 0 Å². The van der Waals surface area contributed by atoms with Crippen molar-refractivity contribution in [2.45, 2.75) is 0 Å². The first kappa shape index (κ1) is 29.2. The number of carbonyl (C=O) groups excluding carboxylic acids is 5. The third kappa shape index (κ3) is 11.8. The molecule has 0 aromatic heterocycles. The first-order valence-corrected chi connectivity index (χ1v) is 11.6. The first-order valence-electron chi connectivity index (χ1n) is 9.76. The number of ether oxygens (including phenoxy) is 5. The van der Waals surface area contributed by atoms with Crippen molar-refractivity contribution in [3.8, 4) is 0 Å². The van der Waals surface area contributed by atoms with E-state index in [0.29, 0.717) is 0 Å². The summed E-state index contributed by atoms with van der Waals surface area (Å²) in [6.07, 6.45) is 1.10. The molecule has 1 rings (SSSR count). The molecule has 1 aromatic rings. The van der Waals surface area contributed by atoms with E-state index in [0.717, 1.165) is 30.4 Å². The van der Waals surface area contributed by atoms with Crippen molar-refractivity contribution in [2.24, 2.45) is 0 Å². The second kappa shape index (κ2) is 14.5. The summed E-state index contributed by atoms with van der Waals surface area (Å²) in [5.74, 6) is -4.52. The summed E-state index contributed by atoms with van der Waals surface area (Å²) in [6.45, 7) is 4.54. The Balaban J connectivity index is 2.97. The predicted molar refractivity (Wildman–Crippen MR) is 117 cm³/mol. The number of hydrogen-bond donors (Lipinski definition) is 2. The zero-order valence-electron chi connectivity index (χ0n) is 18.4. The van der Waals surface area contributed by atoms with Crippen molar-refractivity contribution >= 4 is 37.4 Å². The van der Waals surface area contributed by atoms with Crippen molar-refractivity contribution < 1.29 is 62.0 Å². The Morgan fingerprint density at radius 2 is 0.971 bits per heavy atom. The topological polar surface area (TPSA) is 189 Å². The molecule has 13 nitrogen and oxygen atoms in total. The molecule has 14 heteroatoms. The summed E-state index contributed by atoms with van der Waals surface area (Å²) in [7, 11) is -4.42. The summed E-state index contributed by atoms with van der Waals surface area (Å²) in [5.41, 5.74) is -0.850. The van der Waals surface area contributed by atoms with Crippen LogP contribution in [0.4, 0.5) is 0 Å². The van der Waals surface area contributed by atoms with E-state index in [2.05, 4.69) is 22.6 Å². The van der Waals surface area contributed by atoms with Crippen LogP contribution in [0, 0.1) is 0 Å². The van der Waals surface area contributed by atoms with Gasteiger partial charge in [0, 0.05) is 12.2 Å². The molecule has 0 fully saturated rings. The molecule has 0 aliphatic rings. The molecule has 0 radical (unpaired) electrons. The highest BCUT2D eigenvalue weighted by molar-refractivity contribution is 7.51. The predicted octanol–water partition coefficient (Wildman–Crippen LogP) is 0.793. The van der Waals surface area contributed by atoms with Crippen LogP contribution in [0.1, 0.15) is 31.1 Å². The third-order valence-corrected chi connectivity index (χ3v) is 4.48. The summed E-state index contributed by atoms with van der Waals surface area (Å²) in [6, 6.07) is 3.11. The van der Waals surface area contributed by atoms with Gasteiger partial charge in [-0.25, -0.2) is 24.0 Å². The zero-order chi connectivity index (χ0) is 26.4. The molecule has 2 N–H and O–H groups in total. The standard InChI is InChI=1S/C21H23O13P/c1-3-17(22)30-5-7-32-19(24)14-11-15(20(25)33-8-6-31-18(23)4-2)13-16(12-14)21(26)34-9-10-35(27,28)29/h3-4,11-13H,1-2,5-10H2,(H2,27,28,29). The molecule has 0 heterocycles. The summed E-state index contributed by atoms with van der Waals surface area (Å²) >= 11 is 0. The molecule has 1 aromatic carbocycles. The fourth-order valence-electron chi connectivity index (χ4n) is 2.16. The lowest BCUT2D eigenvalue weighted by molar-refractivity contribution is -0.139. The average molecular weight is 514 g/mol. The number of benzene rings is 1. The molecule has 0 bridgehead atoms. The largest absolute Gasteiger partial charge is 0.461 e. The Labute approximate surface area is 199 Å². The van der Waals surface area contributed by atoms with Gasteiger partial charge < -0.3 is 33.5 Å². The SMILES string of the molecule is C=CC(=O)OCCOC(=O)c1cc(C(=O)OCCOC(=O)C=C)cc(C(=O)OCCP(=O)(O)O)c1. The van der Waals surface area contributed by atoms with Crippen molar-refractivity contribution in [3.63, 3.8) is 0 Å². The maximum absolute atomic E-state index is 12.4. The van der Waals surface area contributed by atoms with Crippen molar-refractivity contribution in [1.29, 1.82) is 0 Å². The van der Waals surface area contributed by atoms with Crippen molar-refractivity contribution in [1.82, 2.24) is 0 Å². The highest BCUT2D eigenvalue weighted by atomic mass is 31.2. The lowest BCUT2D eigenvalue weighted by atomic mass is 10.1. The lowest BCUT2D eigenvalue weighted by Crippen LogP contribution is -2.17. The van der Waals surface area contributed by atoms with Crippen molar-refractivity contribution in [2.75, 3.05) is 39.2 Å². The van der Waals surface area contributed by atoms with Gasteiger partial charge in [0.25, 0.3) is 0 Å². The molecule has 0 atom stereocenters. The van der Waals surface area contributed by atoms with Crippen LogP contribution in [0.15, 0.2) is 43.5 Å². The molecule has 0 spiro atoms. The van der Waals surface area contributed by atoms with Crippen LogP contribution in [-0.4, -0.2) is 78.8 Å². The summed E-state index contributed by atoms with van der Waals surface area (Å²) < 4.78 is 34.9. The fourth-order valence-corrected chi connectivity index (χ4v) is 2.49. The van der Waals surface area contributed by atoms with Crippen molar-refractivity contribution in [3.05, 3.63) is 60.2 Å². The number of rotatable bonds is 14. The maximum atomic E-state index is 12.4. The van der Waals surface area contributed by atoms with Gasteiger partial charge in [0.15, 0.2) is 0 Å². The third-order valence-electron chi connectivity index (χ3n) is 3.71.